The molecule has 0 bridgehead atoms. The highest BCUT2D eigenvalue weighted by molar-refractivity contribution is 7.99. The predicted octanol–water partition coefficient (Wildman–Crippen LogP) is 4.47. The van der Waals surface area contributed by atoms with Crippen LogP contribution in [0.5, 0.6) is 0 Å². The Morgan fingerprint density at radius 3 is 2.05 bits per heavy atom. The highest BCUT2D eigenvalue weighted by Gasteiger charge is 2.13. The van der Waals surface area contributed by atoms with Crippen molar-refractivity contribution < 1.29 is 0 Å². The lowest BCUT2D eigenvalue weighted by Crippen LogP contribution is -2.15. The fraction of sp³-hybridized carbons (Fsp3) is 0.294. The zero-order valence-electron chi connectivity index (χ0n) is 11.6. The van der Waals surface area contributed by atoms with Crippen LogP contribution >= 0.6 is 11.8 Å². The standard InChI is InChI=1S/C17H21NS/c1-18(2)14-13-17(15-9-5-3-6-10-15)19-16-11-7-4-8-12-16/h3-12,17H,13-14H2,1-2H3. The van der Waals surface area contributed by atoms with Crippen LogP contribution in [0.4, 0.5) is 0 Å². The van der Waals surface area contributed by atoms with E-state index in [4.69, 9.17) is 0 Å². The smallest absolute Gasteiger partial charge is 0.0356 e. The molecule has 0 aromatic heterocycles. The molecular formula is C17H21NS. The highest BCUT2D eigenvalue weighted by atomic mass is 32.2. The minimum Gasteiger partial charge on any atom is -0.309 e. The zero-order valence-corrected chi connectivity index (χ0v) is 12.4. The average Bonchev–Trinajstić information content (AvgIpc) is 2.45. The third-order valence-corrected chi connectivity index (χ3v) is 4.37. The van der Waals surface area contributed by atoms with Gasteiger partial charge in [-0.3, -0.25) is 0 Å². The Morgan fingerprint density at radius 1 is 0.895 bits per heavy atom. The number of benzene rings is 2. The van der Waals surface area contributed by atoms with Crippen molar-refractivity contribution >= 4 is 11.8 Å². The molecule has 0 heterocycles. The van der Waals surface area contributed by atoms with Crippen molar-refractivity contribution in [1.29, 1.82) is 0 Å². The molecule has 2 aromatic carbocycles. The van der Waals surface area contributed by atoms with Gasteiger partial charge in [-0.25, -0.2) is 0 Å². The topological polar surface area (TPSA) is 3.24 Å². The summed E-state index contributed by atoms with van der Waals surface area (Å²) in [5.74, 6) is 0. The van der Waals surface area contributed by atoms with Gasteiger partial charge >= 0.3 is 0 Å². The second kappa shape index (κ2) is 7.37. The molecule has 0 saturated carbocycles. The summed E-state index contributed by atoms with van der Waals surface area (Å²) < 4.78 is 0. The molecular weight excluding hydrogens is 250 g/mol. The molecule has 0 aliphatic carbocycles. The number of thioether (sulfide) groups is 1. The SMILES string of the molecule is CN(C)CCC(Sc1ccccc1)c1ccccc1. The molecule has 0 aliphatic heterocycles. The molecule has 1 atom stereocenters. The first-order valence-electron chi connectivity index (χ1n) is 6.67. The number of nitrogens with zero attached hydrogens (tertiary/aromatic N) is 1. The van der Waals surface area contributed by atoms with E-state index in [1.807, 2.05) is 11.8 Å². The second-order valence-electron chi connectivity index (χ2n) is 4.92. The summed E-state index contributed by atoms with van der Waals surface area (Å²) in [7, 11) is 4.27. The van der Waals surface area contributed by atoms with Gasteiger partial charge in [0.05, 0.1) is 0 Å². The van der Waals surface area contributed by atoms with Crippen molar-refractivity contribution in [2.24, 2.45) is 0 Å². The molecule has 2 aromatic rings. The summed E-state index contributed by atoms with van der Waals surface area (Å²) in [6, 6.07) is 21.5. The molecule has 2 heteroatoms. The Morgan fingerprint density at radius 2 is 1.47 bits per heavy atom. The fourth-order valence-corrected chi connectivity index (χ4v) is 3.16. The lowest BCUT2D eigenvalue weighted by molar-refractivity contribution is 0.399. The molecule has 100 valence electrons. The molecule has 0 radical (unpaired) electrons. The van der Waals surface area contributed by atoms with Crippen molar-refractivity contribution in [3.63, 3.8) is 0 Å². The number of hydrogen-bond donors (Lipinski definition) is 0. The van der Waals surface area contributed by atoms with Gasteiger partial charge in [0, 0.05) is 10.1 Å². The van der Waals surface area contributed by atoms with E-state index >= 15 is 0 Å². The molecule has 1 nitrogen and oxygen atoms in total. The minimum atomic E-state index is 0.519. The molecule has 0 N–H and O–H groups in total. The Labute approximate surface area is 120 Å². The van der Waals surface area contributed by atoms with E-state index in [1.54, 1.807) is 0 Å². The van der Waals surface area contributed by atoms with Gasteiger partial charge in [0.25, 0.3) is 0 Å². The van der Waals surface area contributed by atoms with Gasteiger partial charge in [0.1, 0.15) is 0 Å². The van der Waals surface area contributed by atoms with Gasteiger partial charge < -0.3 is 4.90 Å². The van der Waals surface area contributed by atoms with E-state index in [2.05, 4.69) is 79.7 Å². The van der Waals surface area contributed by atoms with Crippen molar-refractivity contribution in [2.75, 3.05) is 20.6 Å². The monoisotopic (exact) mass is 271 g/mol. The first-order valence-corrected chi connectivity index (χ1v) is 7.55. The lowest BCUT2D eigenvalue weighted by atomic mass is 10.1. The third-order valence-electron chi connectivity index (χ3n) is 3.03. The summed E-state index contributed by atoms with van der Waals surface area (Å²) in [5.41, 5.74) is 1.42. The summed E-state index contributed by atoms with van der Waals surface area (Å²) >= 11 is 1.96. The number of rotatable bonds is 6. The first kappa shape index (κ1) is 14.2. The Hall–Kier alpha value is -1.25. The summed E-state index contributed by atoms with van der Waals surface area (Å²) in [4.78, 5) is 3.59. The van der Waals surface area contributed by atoms with Gasteiger partial charge in [-0.15, -0.1) is 11.8 Å². The summed E-state index contributed by atoms with van der Waals surface area (Å²) in [5, 5.41) is 0.519. The molecule has 0 aliphatic rings. The van der Waals surface area contributed by atoms with Crippen LogP contribution in [-0.2, 0) is 0 Å². The summed E-state index contributed by atoms with van der Waals surface area (Å²) in [6.45, 7) is 1.11. The van der Waals surface area contributed by atoms with Crippen LogP contribution in [0.15, 0.2) is 65.6 Å². The Balaban J connectivity index is 2.10. The van der Waals surface area contributed by atoms with E-state index in [1.165, 1.54) is 10.5 Å². The van der Waals surface area contributed by atoms with Crippen molar-refractivity contribution in [1.82, 2.24) is 4.90 Å². The van der Waals surface area contributed by atoms with E-state index in [0.29, 0.717) is 5.25 Å². The highest BCUT2D eigenvalue weighted by Crippen LogP contribution is 2.37. The van der Waals surface area contributed by atoms with Gasteiger partial charge in [0.2, 0.25) is 0 Å². The largest absolute Gasteiger partial charge is 0.309 e. The van der Waals surface area contributed by atoms with Crippen molar-refractivity contribution in [3.05, 3.63) is 66.2 Å². The molecule has 1 unspecified atom stereocenters. The van der Waals surface area contributed by atoms with Crippen LogP contribution < -0.4 is 0 Å². The molecule has 0 spiro atoms. The third kappa shape index (κ3) is 4.73. The van der Waals surface area contributed by atoms with Gasteiger partial charge in [-0.05, 0) is 44.8 Å². The van der Waals surface area contributed by atoms with E-state index in [9.17, 15) is 0 Å². The van der Waals surface area contributed by atoms with Crippen LogP contribution in [0, 0.1) is 0 Å². The first-order chi connectivity index (χ1) is 9.25. The van der Waals surface area contributed by atoms with Crippen molar-refractivity contribution in [2.45, 2.75) is 16.6 Å². The second-order valence-corrected chi connectivity index (χ2v) is 6.20. The fourth-order valence-electron chi connectivity index (χ4n) is 2.00. The quantitative estimate of drug-likeness (QED) is 0.713. The Bertz CT molecular complexity index is 467. The predicted molar refractivity (Wildman–Crippen MR) is 84.7 cm³/mol. The molecule has 0 fully saturated rings. The van der Waals surface area contributed by atoms with Crippen LogP contribution in [-0.4, -0.2) is 25.5 Å². The molecule has 0 amide bonds. The van der Waals surface area contributed by atoms with Crippen LogP contribution in [0.3, 0.4) is 0 Å². The van der Waals surface area contributed by atoms with E-state index < -0.39 is 0 Å². The van der Waals surface area contributed by atoms with Crippen LogP contribution in [0.25, 0.3) is 0 Å². The normalized spacial score (nSPS) is 12.6. The maximum absolute atomic E-state index is 2.25. The lowest BCUT2D eigenvalue weighted by Gasteiger charge is -2.19. The Kier molecular flexibility index (Phi) is 5.49. The maximum atomic E-state index is 2.25. The molecule has 0 saturated heterocycles. The van der Waals surface area contributed by atoms with Crippen molar-refractivity contribution in [3.8, 4) is 0 Å². The maximum Gasteiger partial charge on any atom is 0.0356 e. The van der Waals surface area contributed by atoms with Gasteiger partial charge in [-0.2, -0.15) is 0 Å². The molecule has 2 rings (SSSR count). The summed E-state index contributed by atoms with van der Waals surface area (Å²) in [6.07, 6.45) is 1.16. The zero-order chi connectivity index (χ0) is 13.5. The van der Waals surface area contributed by atoms with E-state index in [0.717, 1.165) is 13.0 Å². The minimum absolute atomic E-state index is 0.519. The van der Waals surface area contributed by atoms with Crippen LogP contribution in [0.1, 0.15) is 17.2 Å². The average molecular weight is 271 g/mol. The van der Waals surface area contributed by atoms with Gasteiger partial charge in [0.15, 0.2) is 0 Å². The van der Waals surface area contributed by atoms with E-state index in [-0.39, 0.29) is 0 Å². The van der Waals surface area contributed by atoms with Crippen LogP contribution in [0.2, 0.25) is 0 Å². The molecule has 19 heavy (non-hydrogen) atoms. The van der Waals surface area contributed by atoms with Gasteiger partial charge in [-0.1, -0.05) is 48.5 Å². The number of hydrogen-bond acceptors (Lipinski definition) is 2.